The Morgan fingerprint density at radius 3 is 2.55 bits per heavy atom. The highest BCUT2D eigenvalue weighted by Gasteiger charge is 2.18. The maximum absolute atomic E-state index is 12.8. The van der Waals surface area contributed by atoms with Gasteiger partial charge in [0, 0.05) is 34.4 Å². The Kier molecular flexibility index (Phi) is 6.25. The van der Waals surface area contributed by atoms with Crippen molar-refractivity contribution in [2.24, 2.45) is 0 Å². The molecule has 0 radical (unpaired) electrons. The molecule has 158 valence electrons. The zero-order chi connectivity index (χ0) is 22.0. The van der Waals surface area contributed by atoms with Gasteiger partial charge in [0.15, 0.2) is 5.65 Å². The largest absolute Gasteiger partial charge is 0.352 e. The summed E-state index contributed by atoms with van der Waals surface area (Å²) in [5.41, 5.74) is 6.16. The lowest BCUT2D eigenvalue weighted by atomic mass is 10.0. The van der Waals surface area contributed by atoms with Crippen LogP contribution >= 0.6 is 23.2 Å². The maximum Gasteiger partial charge on any atom is 0.256 e. The van der Waals surface area contributed by atoms with Crippen molar-refractivity contribution < 1.29 is 4.79 Å². The van der Waals surface area contributed by atoms with E-state index >= 15 is 0 Å². The Morgan fingerprint density at radius 2 is 1.81 bits per heavy atom. The van der Waals surface area contributed by atoms with Crippen molar-refractivity contribution in [1.82, 2.24) is 19.9 Å². The summed E-state index contributed by atoms with van der Waals surface area (Å²) in [6.07, 6.45) is 3.00. The first-order valence-corrected chi connectivity index (χ1v) is 10.8. The number of rotatable bonds is 6. The van der Waals surface area contributed by atoms with Crippen molar-refractivity contribution in [3.05, 3.63) is 98.4 Å². The summed E-state index contributed by atoms with van der Waals surface area (Å²) in [6, 6.07) is 15.4. The molecule has 1 N–H and O–H groups in total. The number of aromatic nitrogens is 3. The fourth-order valence-electron chi connectivity index (χ4n) is 3.64. The molecule has 2 aromatic carbocycles. The number of carbonyl (C=O) groups excluding carboxylic acids is 1. The zero-order valence-electron chi connectivity index (χ0n) is 17.3. The van der Waals surface area contributed by atoms with Crippen LogP contribution in [0.5, 0.6) is 0 Å². The lowest BCUT2D eigenvalue weighted by Gasteiger charge is -2.12. The fourth-order valence-corrected chi connectivity index (χ4v) is 3.98. The van der Waals surface area contributed by atoms with E-state index in [-0.39, 0.29) is 5.91 Å². The minimum atomic E-state index is -0.183. The molecule has 0 fully saturated rings. The number of fused-ring (bicyclic) bond motifs is 1. The fraction of sp³-hybridized carbons (Fsp3) is 0.208. The molecule has 1 amide bonds. The SMILES string of the molecule is Cc1nc2c(C(=O)NCCc3ccc(Cl)cc3)cnn2c(C)c1Cc1cccc(Cl)c1. The van der Waals surface area contributed by atoms with Gasteiger partial charge in [0.25, 0.3) is 5.91 Å². The summed E-state index contributed by atoms with van der Waals surface area (Å²) < 4.78 is 1.74. The van der Waals surface area contributed by atoms with Gasteiger partial charge < -0.3 is 5.32 Å². The van der Waals surface area contributed by atoms with Gasteiger partial charge in [-0.25, -0.2) is 9.50 Å². The monoisotopic (exact) mass is 452 g/mol. The summed E-state index contributed by atoms with van der Waals surface area (Å²) in [5, 5.41) is 8.80. The molecule has 2 heterocycles. The van der Waals surface area contributed by atoms with Crippen LogP contribution < -0.4 is 5.32 Å². The summed E-state index contributed by atoms with van der Waals surface area (Å²) in [6.45, 7) is 4.47. The van der Waals surface area contributed by atoms with E-state index in [2.05, 4.69) is 10.4 Å². The highest BCUT2D eigenvalue weighted by Crippen LogP contribution is 2.21. The normalized spacial score (nSPS) is 11.1. The minimum absolute atomic E-state index is 0.183. The number of aryl methyl sites for hydroxylation is 2. The number of halogens is 2. The molecule has 0 atom stereocenters. The average molecular weight is 453 g/mol. The van der Waals surface area contributed by atoms with E-state index in [1.165, 1.54) is 0 Å². The Bertz CT molecular complexity index is 1250. The maximum atomic E-state index is 12.8. The first-order valence-electron chi connectivity index (χ1n) is 10.0. The van der Waals surface area contributed by atoms with E-state index < -0.39 is 0 Å². The number of hydrogen-bond acceptors (Lipinski definition) is 3. The second-order valence-corrected chi connectivity index (χ2v) is 8.37. The third kappa shape index (κ3) is 4.73. The van der Waals surface area contributed by atoms with Gasteiger partial charge in [0.05, 0.1) is 6.20 Å². The lowest BCUT2D eigenvalue weighted by molar-refractivity contribution is 0.0955. The number of nitrogens with one attached hydrogen (secondary N) is 1. The van der Waals surface area contributed by atoms with Crippen molar-refractivity contribution in [2.45, 2.75) is 26.7 Å². The summed E-state index contributed by atoms with van der Waals surface area (Å²) in [4.78, 5) is 17.5. The number of benzene rings is 2. The number of hydrogen-bond donors (Lipinski definition) is 1. The van der Waals surface area contributed by atoms with Crippen molar-refractivity contribution in [3.63, 3.8) is 0 Å². The number of carbonyl (C=O) groups is 1. The molecule has 2 aromatic heterocycles. The lowest BCUT2D eigenvalue weighted by Crippen LogP contribution is -2.25. The predicted octanol–water partition coefficient (Wildman–Crippen LogP) is 5.22. The molecule has 4 aromatic rings. The number of nitrogens with zero attached hydrogens (tertiary/aromatic N) is 3. The van der Waals surface area contributed by atoms with Gasteiger partial charge in [-0.3, -0.25) is 4.79 Å². The van der Waals surface area contributed by atoms with Crippen LogP contribution in [0.3, 0.4) is 0 Å². The van der Waals surface area contributed by atoms with Crippen LogP contribution in [-0.4, -0.2) is 27.0 Å². The quantitative estimate of drug-likeness (QED) is 0.436. The van der Waals surface area contributed by atoms with Crippen LogP contribution in [0.2, 0.25) is 10.0 Å². The molecule has 0 spiro atoms. The van der Waals surface area contributed by atoms with Gasteiger partial charge >= 0.3 is 0 Å². The van der Waals surface area contributed by atoms with Crippen LogP contribution in [0.1, 0.15) is 38.4 Å². The van der Waals surface area contributed by atoms with Gasteiger partial charge in [0.1, 0.15) is 5.56 Å². The molecular weight excluding hydrogens is 431 g/mol. The Hall–Kier alpha value is -2.89. The smallest absolute Gasteiger partial charge is 0.256 e. The van der Waals surface area contributed by atoms with Crippen molar-refractivity contribution in [2.75, 3.05) is 6.54 Å². The first-order chi connectivity index (χ1) is 14.9. The summed E-state index contributed by atoms with van der Waals surface area (Å²) in [7, 11) is 0. The van der Waals surface area contributed by atoms with Crippen LogP contribution in [0.15, 0.2) is 54.7 Å². The van der Waals surface area contributed by atoms with E-state index in [0.29, 0.717) is 34.2 Å². The van der Waals surface area contributed by atoms with Crippen LogP contribution in [0, 0.1) is 13.8 Å². The van der Waals surface area contributed by atoms with Crippen molar-refractivity contribution in [1.29, 1.82) is 0 Å². The molecule has 0 saturated carbocycles. The highest BCUT2D eigenvalue weighted by atomic mass is 35.5. The average Bonchev–Trinajstić information content (AvgIpc) is 3.16. The molecule has 0 unspecified atom stereocenters. The van der Waals surface area contributed by atoms with Crippen molar-refractivity contribution in [3.8, 4) is 0 Å². The topological polar surface area (TPSA) is 59.3 Å². The first kappa shape index (κ1) is 21.3. The van der Waals surface area contributed by atoms with E-state index in [0.717, 1.165) is 34.5 Å². The minimum Gasteiger partial charge on any atom is -0.352 e. The summed E-state index contributed by atoms with van der Waals surface area (Å²) >= 11 is 12.0. The van der Waals surface area contributed by atoms with E-state index in [1.54, 1.807) is 10.7 Å². The van der Waals surface area contributed by atoms with Crippen LogP contribution in [-0.2, 0) is 12.8 Å². The molecule has 0 aliphatic carbocycles. The van der Waals surface area contributed by atoms with Crippen LogP contribution in [0.4, 0.5) is 0 Å². The van der Waals surface area contributed by atoms with Gasteiger partial charge in [-0.15, -0.1) is 0 Å². The molecule has 31 heavy (non-hydrogen) atoms. The van der Waals surface area contributed by atoms with Crippen LogP contribution in [0.25, 0.3) is 5.65 Å². The molecular formula is C24H22Cl2N4O. The standard InChI is InChI=1S/C24H22Cl2N4O/c1-15-21(13-18-4-3-5-20(26)12-18)16(2)30-23(29-15)22(14-28-30)24(31)27-11-10-17-6-8-19(25)9-7-17/h3-9,12,14H,10-11,13H2,1-2H3,(H,27,31). The molecule has 7 heteroatoms. The third-order valence-corrected chi connectivity index (χ3v) is 5.82. The predicted molar refractivity (Wildman–Crippen MR) is 124 cm³/mol. The second kappa shape index (κ2) is 9.08. The van der Waals surface area contributed by atoms with E-state index in [9.17, 15) is 4.79 Å². The molecule has 4 rings (SSSR count). The molecule has 0 aliphatic heterocycles. The Morgan fingerprint density at radius 1 is 1.03 bits per heavy atom. The van der Waals surface area contributed by atoms with Gasteiger partial charge in [0.2, 0.25) is 0 Å². The van der Waals surface area contributed by atoms with Crippen molar-refractivity contribution >= 4 is 34.8 Å². The second-order valence-electron chi connectivity index (χ2n) is 7.49. The highest BCUT2D eigenvalue weighted by molar-refractivity contribution is 6.30. The number of amides is 1. The summed E-state index contributed by atoms with van der Waals surface area (Å²) in [5.74, 6) is -0.183. The van der Waals surface area contributed by atoms with E-state index in [4.69, 9.17) is 28.2 Å². The van der Waals surface area contributed by atoms with E-state index in [1.807, 2.05) is 62.4 Å². The van der Waals surface area contributed by atoms with Gasteiger partial charge in [-0.2, -0.15) is 5.10 Å². The van der Waals surface area contributed by atoms with Gasteiger partial charge in [-0.05, 0) is 61.2 Å². The van der Waals surface area contributed by atoms with Gasteiger partial charge in [-0.1, -0.05) is 47.5 Å². The molecule has 0 aliphatic rings. The molecule has 0 bridgehead atoms. The zero-order valence-corrected chi connectivity index (χ0v) is 18.8. The third-order valence-electron chi connectivity index (χ3n) is 5.34. The Balaban J connectivity index is 1.53. The Labute approximate surface area is 191 Å². The molecule has 5 nitrogen and oxygen atoms in total. The molecule has 0 saturated heterocycles.